The molecule has 17 heavy (non-hydrogen) atoms. The Bertz CT molecular complexity index is 541. The van der Waals surface area contributed by atoms with Crippen LogP contribution in [0.25, 0.3) is 16.7 Å². The molecule has 0 radical (unpaired) electrons. The molecule has 0 heterocycles. The van der Waals surface area contributed by atoms with Gasteiger partial charge >= 0.3 is 0 Å². The number of hydrogen-bond donors (Lipinski definition) is 0. The molecule has 0 aliphatic rings. The number of ether oxygens (including phenoxy) is 1. The topological polar surface area (TPSA) is 9.23 Å². The highest BCUT2D eigenvalue weighted by atomic mass is 16.5. The van der Waals surface area contributed by atoms with Crippen molar-refractivity contribution in [2.45, 2.75) is 6.92 Å². The van der Waals surface area contributed by atoms with E-state index in [1.807, 2.05) is 37.3 Å². The third-order valence-electron chi connectivity index (χ3n) is 2.78. The van der Waals surface area contributed by atoms with Gasteiger partial charge in [0, 0.05) is 5.56 Å². The van der Waals surface area contributed by atoms with E-state index in [-0.39, 0.29) is 0 Å². The second-order valence-corrected chi connectivity index (χ2v) is 4.03. The van der Waals surface area contributed by atoms with Gasteiger partial charge in [0.25, 0.3) is 0 Å². The SMILES string of the molecule is C=C(C)c1ccccc1-c1ccccc1OC. The van der Waals surface area contributed by atoms with Gasteiger partial charge in [-0.05, 0) is 24.1 Å². The lowest BCUT2D eigenvalue weighted by Gasteiger charge is -2.12. The van der Waals surface area contributed by atoms with Crippen LogP contribution in [0.5, 0.6) is 5.75 Å². The van der Waals surface area contributed by atoms with Crippen molar-refractivity contribution in [3.05, 3.63) is 60.7 Å². The molecule has 0 unspecified atom stereocenters. The van der Waals surface area contributed by atoms with Gasteiger partial charge in [-0.1, -0.05) is 54.6 Å². The summed E-state index contributed by atoms with van der Waals surface area (Å²) in [5, 5.41) is 0. The van der Waals surface area contributed by atoms with E-state index in [4.69, 9.17) is 4.74 Å². The fourth-order valence-electron chi connectivity index (χ4n) is 1.96. The van der Waals surface area contributed by atoms with E-state index in [2.05, 4.69) is 24.8 Å². The molecular formula is C16H16O. The number of hydrogen-bond acceptors (Lipinski definition) is 1. The Kier molecular flexibility index (Phi) is 3.29. The molecule has 2 rings (SSSR count). The van der Waals surface area contributed by atoms with Gasteiger partial charge < -0.3 is 4.74 Å². The molecule has 2 aromatic rings. The van der Waals surface area contributed by atoms with Crippen molar-refractivity contribution < 1.29 is 4.74 Å². The zero-order valence-corrected chi connectivity index (χ0v) is 10.2. The van der Waals surface area contributed by atoms with E-state index in [9.17, 15) is 0 Å². The zero-order valence-electron chi connectivity index (χ0n) is 10.2. The highest BCUT2D eigenvalue weighted by Crippen LogP contribution is 2.34. The summed E-state index contributed by atoms with van der Waals surface area (Å²) in [6, 6.07) is 16.3. The Morgan fingerprint density at radius 3 is 2.18 bits per heavy atom. The molecule has 0 N–H and O–H groups in total. The predicted molar refractivity (Wildman–Crippen MR) is 73.1 cm³/mol. The minimum atomic E-state index is 0.890. The lowest BCUT2D eigenvalue weighted by Crippen LogP contribution is -1.90. The molecule has 2 aromatic carbocycles. The Morgan fingerprint density at radius 2 is 1.53 bits per heavy atom. The van der Waals surface area contributed by atoms with Crippen LogP contribution in [0.1, 0.15) is 12.5 Å². The van der Waals surface area contributed by atoms with Crippen molar-refractivity contribution in [3.63, 3.8) is 0 Å². The maximum Gasteiger partial charge on any atom is 0.126 e. The third-order valence-corrected chi connectivity index (χ3v) is 2.78. The molecule has 0 saturated heterocycles. The highest BCUT2D eigenvalue weighted by molar-refractivity contribution is 5.82. The molecule has 86 valence electrons. The van der Waals surface area contributed by atoms with Crippen molar-refractivity contribution >= 4 is 5.57 Å². The first-order valence-electron chi connectivity index (χ1n) is 5.62. The first-order valence-corrected chi connectivity index (χ1v) is 5.62. The Hall–Kier alpha value is -2.02. The quantitative estimate of drug-likeness (QED) is 0.751. The summed E-state index contributed by atoms with van der Waals surface area (Å²) in [6.07, 6.45) is 0. The van der Waals surface area contributed by atoms with Crippen LogP contribution in [-0.2, 0) is 0 Å². The Balaban J connectivity index is 2.64. The fraction of sp³-hybridized carbons (Fsp3) is 0.125. The molecule has 0 aromatic heterocycles. The van der Waals surface area contributed by atoms with Gasteiger partial charge in [0.1, 0.15) is 5.75 Å². The van der Waals surface area contributed by atoms with E-state index in [1.165, 1.54) is 0 Å². The first kappa shape index (κ1) is 11.5. The van der Waals surface area contributed by atoms with E-state index in [1.54, 1.807) is 7.11 Å². The number of para-hydroxylation sites is 1. The van der Waals surface area contributed by atoms with Crippen molar-refractivity contribution in [2.24, 2.45) is 0 Å². The number of methoxy groups -OCH3 is 1. The largest absolute Gasteiger partial charge is 0.496 e. The smallest absolute Gasteiger partial charge is 0.126 e. The van der Waals surface area contributed by atoms with E-state index in [0.29, 0.717) is 0 Å². The summed E-state index contributed by atoms with van der Waals surface area (Å²) in [5.41, 5.74) is 4.49. The van der Waals surface area contributed by atoms with E-state index >= 15 is 0 Å². The third kappa shape index (κ3) is 2.23. The van der Waals surface area contributed by atoms with Crippen molar-refractivity contribution in [3.8, 4) is 16.9 Å². The van der Waals surface area contributed by atoms with Gasteiger partial charge in [-0.15, -0.1) is 0 Å². The van der Waals surface area contributed by atoms with Gasteiger partial charge in [-0.25, -0.2) is 0 Å². The van der Waals surface area contributed by atoms with Crippen LogP contribution in [0.2, 0.25) is 0 Å². The predicted octanol–water partition coefficient (Wildman–Crippen LogP) is 4.40. The van der Waals surface area contributed by atoms with Gasteiger partial charge in [0.05, 0.1) is 7.11 Å². The van der Waals surface area contributed by atoms with Crippen LogP contribution in [0.15, 0.2) is 55.1 Å². The average molecular weight is 224 g/mol. The Labute approximate surface area is 102 Å². The lowest BCUT2D eigenvalue weighted by molar-refractivity contribution is 0.416. The summed E-state index contributed by atoms with van der Waals surface area (Å²) in [5.74, 6) is 0.890. The van der Waals surface area contributed by atoms with Gasteiger partial charge in [-0.3, -0.25) is 0 Å². The second kappa shape index (κ2) is 4.88. The minimum absolute atomic E-state index is 0.890. The molecule has 0 fully saturated rings. The van der Waals surface area contributed by atoms with Crippen LogP contribution in [0, 0.1) is 0 Å². The molecular weight excluding hydrogens is 208 g/mol. The van der Waals surface area contributed by atoms with Gasteiger partial charge in [0.2, 0.25) is 0 Å². The molecule has 1 nitrogen and oxygen atoms in total. The molecule has 0 aliphatic heterocycles. The zero-order chi connectivity index (χ0) is 12.3. The highest BCUT2D eigenvalue weighted by Gasteiger charge is 2.09. The van der Waals surface area contributed by atoms with Gasteiger partial charge in [-0.2, -0.15) is 0 Å². The molecule has 1 heteroatoms. The van der Waals surface area contributed by atoms with E-state index in [0.717, 1.165) is 28.0 Å². The maximum absolute atomic E-state index is 5.40. The van der Waals surface area contributed by atoms with Crippen molar-refractivity contribution in [1.82, 2.24) is 0 Å². The van der Waals surface area contributed by atoms with Gasteiger partial charge in [0.15, 0.2) is 0 Å². The summed E-state index contributed by atoms with van der Waals surface area (Å²) in [4.78, 5) is 0. The van der Waals surface area contributed by atoms with Crippen LogP contribution >= 0.6 is 0 Å². The molecule has 0 atom stereocenters. The summed E-state index contributed by atoms with van der Waals surface area (Å²) >= 11 is 0. The van der Waals surface area contributed by atoms with Crippen LogP contribution in [0.4, 0.5) is 0 Å². The summed E-state index contributed by atoms with van der Waals surface area (Å²) in [6.45, 7) is 6.05. The molecule has 0 saturated carbocycles. The standard InChI is InChI=1S/C16H16O/c1-12(2)13-8-4-5-9-14(13)15-10-6-7-11-16(15)17-3/h4-11H,1H2,2-3H3. The fourth-order valence-corrected chi connectivity index (χ4v) is 1.96. The van der Waals surface area contributed by atoms with Crippen LogP contribution in [-0.4, -0.2) is 7.11 Å². The first-order chi connectivity index (χ1) is 8.24. The normalized spacial score (nSPS) is 10.0. The molecule has 0 amide bonds. The number of benzene rings is 2. The average Bonchev–Trinajstić information content (AvgIpc) is 2.38. The summed E-state index contributed by atoms with van der Waals surface area (Å²) < 4.78 is 5.40. The second-order valence-electron chi connectivity index (χ2n) is 4.03. The molecule has 0 bridgehead atoms. The minimum Gasteiger partial charge on any atom is -0.496 e. The monoisotopic (exact) mass is 224 g/mol. The van der Waals surface area contributed by atoms with Crippen LogP contribution in [0.3, 0.4) is 0 Å². The Morgan fingerprint density at radius 1 is 0.941 bits per heavy atom. The van der Waals surface area contributed by atoms with Crippen molar-refractivity contribution in [1.29, 1.82) is 0 Å². The summed E-state index contributed by atoms with van der Waals surface area (Å²) in [7, 11) is 1.70. The van der Waals surface area contributed by atoms with E-state index < -0.39 is 0 Å². The lowest BCUT2D eigenvalue weighted by atomic mass is 9.95. The number of allylic oxidation sites excluding steroid dienone is 1. The number of rotatable bonds is 3. The molecule has 0 spiro atoms. The molecule has 0 aliphatic carbocycles. The maximum atomic E-state index is 5.40. The van der Waals surface area contributed by atoms with Crippen molar-refractivity contribution in [2.75, 3.05) is 7.11 Å². The van der Waals surface area contributed by atoms with Crippen LogP contribution < -0.4 is 4.74 Å².